The van der Waals surface area contributed by atoms with E-state index in [0.29, 0.717) is 13.0 Å². The van der Waals surface area contributed by atoms with Gasteiger partial charge in [-0.25, -0.2) is 0 Å². The molecule has 0 amide bonds. The van der Waals surface area contributed by atoms with Gasteiger partial charge in [0.2, 0.25) is 0 Å². The molecule has 0 saturated carbocycles. The minimum absolute atomic E-state index is 0.130. The Morgan fingerprint density at radius 2 is 2.25 bits per heavy atom. The Bertz CT molecular complexity index is 257. The molecule has 2 unspecified atom stereocenters. The summed E-state index contributed by atoms with van der Waals surface area (Å²) in [6.07, 6.45) is 3.08. The predicted octanol–water partition coefficient (Wildman–Crippen LogP) is 1.49. The third-order valence-corrected chi connectivity index (χ3v) is 3.73. The largest absolute Gasteiger partial charge is 0.469 e. The van der Waals surface area contributed by atoms with Crippen LogP contribution >= 0.6 is 0 Å². The lowest BCUT2D eigenvalue weighted by atomic mass is 9.77. The van der Waals surface area contributed by atoms with Gasteiger partial charge >= 0.3 is 5.97 Å². The SMILES string of the molecule is CCC1(C)CC(CC(=O)OC)(NC)CCO1. The maximum Gasteiger partial charge on any atom is 0.307 e. The molecule has 1 saturated heterocycles. The van der Waals surface area contributed by atoms with E-state index >= 15 is 0 Å². The van der Waals surface area contributed by atoms with E-state index in [1.165, 1.54) is 7.11 Å². The number of hydrogen-bond donors (Lipinski definition) is 1. The van der Waals surface area contributed by atoms with Crippen LogP contribution in [0.25, 0.3) is 0 Å². The summed E-state index contributed by atoms with van der Waals surface area (Å²) in [6, 6.07) is 0. The van der Waals surface area contributed by atoms with E-state index in [0.717, 1.165) is 19.3 Å². The standard InChI is InChI=1S/C12H23NO3/c1-5-11(2)9-12(13-3,6-7-16-11)8-10(14)15-4/h13H,5-9H2,1-4H3. The molecule has 1 rings (SSSR count). The Morgan fingerprint density at radius 1 is 1.56 bits per heavy atom. The highest BCUT2D eigenvalue weighted by Gasteiger charge is 2.42. The highest BCUT2D eigenvalue weighted by Crippen LogP contribution is 2.36. The number of rotatable bonds is 4. The lowest BCUT2D eigenvalue weighted by Crippen LogP contribution is -2.55. The summed E-state index contributed by atoms with van der Waals surface area (Å²) in [5, 5.41) is 3.29. The Hall–Kier alpha value is -0.610. The van der Waals surface area contributed by atoms with Crippen molar-refractivity contribution in [2.75, 3.05) is 20.8 Å². The summed E-state index contributed by atoms with van der Waals surface area (Å²) >= 11 is 0. The second kappa shape index (κ2) is 5.15. The third kappa shape index (κ3) is 2.95. The number of methoxy groups -OCH3 is 1. The topological polar surface area (TPSA) is 47.6 Å². The van der Waals surface area contributed by atoms with Gasteiger partial charge in [0, 0.05) is 12.1 Å². The van der Waals surface area contributed by atoms with E-state index in [1.807, 2.05) is 7.05 Å². The first-order chi connectivity index (χ1) is 7.49. The van der Waals surface area contributed by atoms with Crippen LogP contribution in [0.15, 0.2) is 0 Å². The molecule has 4 nitrogen and oxygen atoms in total. The van der Waals surface area contributed by atoms with Crippen LogP contribution in [0.1, 0.15) is 39.5 Å². The van der Waals surface area contributed by atoms with Crippen LogP contribution in [0.5, 0.6) is 0 Å². The molecular formula is C12H23NO3. The van der Waals surface area contributed by atoms with Crippen molar-refractivity contribution in [1.82, 2.24) is 5.32 Å². The first-order valence-electron chi connectivity index (χ1n) is 5.89. The van der Waals surface area contributed by atoms with E-state index in [1.54, 1.807) is 0 Å². The van der Waals surface area contributed by atoms with Gasteiger partial charge in [0.05, 0.1) is 19.1 Å². The highest BCUT2D eigenvalue weighted by atomic mass is 16.5. The number of hydrogen-bond acceptors (Lipinski definition) is 4. The lowest BCUT2D eigenvalue weighted by Gasteiger charge is -2.45. The normalized spacial score (nSPS) is 34.8. The first-order valence-corrected chi connectivity index (χ1v) is 5.89. The number of esters is 1. The van der Waals surface area contributed by atoms with E-state index in [2.05, 4.69) is 19.2 Å². The van der Waals surface area contributed by atoms with Crippen molar-refractivity contribution in [3.8, 4) is 0 Å². The maximum absolute atomic E-state index is 11.4. The van der Waals surface area contributed by atoms with Gasteiger partial charge in [-0.2, -0.15) is 0 Å². The van der Waals surface area contributed by atoms with Crippen molar-refractivity contribution < 1.29 is 14.3 Å². The van der Waals surface area contributed by atoms with Crippen molar-refractivity contribution in [2.45, 2.75) is 50.7 Å². The van der Waals surface area contributed by atoms with Crippen LogP contribution in [-0.2, 0) is 14.3 Å². The summed E-state index contributed by atoms with van der Waals surface area (Å²) in [7, 11) is 3.34. The molecule has 1 aliphatic rings. The van der Waals surface area contributed by atoms with Crippen LogP contribution in [0.4, 0.5) is 0 Å². The minimum Gasteiger partial charge on any atom is -0.469 e. The number of ether oxygens (including phenoxy) is 2. The number of carbonyl (C=O) groups is 1. The zero-order valence-electron chi connectivity index (χ0n) is 10.8. The van der Waals surface area contributed by atoms with Gasteiger partial charge in [-0.05, 0) is 33.2 Å². The molecule has 2 atom stereocenters. The zero-order chi connectivity index (χ0) is 12.2. The summed E-state index contributed by atoms with van der Waals surface area (Å²) < 4.78 is 10.6. The van der Waals surface area contributed by atoms with E-state index in [4.69, 9.17) is 9.47 Å². The molecule has 94 valence electrons. The molecular weight excluding hydrogens is 206 g/mol. The van der Waals surface area contributed by atoms with E-state index in [-0.39, 0.29) is 17.1 Å². The Balaban J connectivity index is 2.75. The smallest absolute Gasteiger partial charge is 0.307 e. The maximum atomic E-state index is 11.4. The van der Waals surface area contributed by atoms with Gasteiger partial charge in [-0.15, -0.1) is 0 Å². The number of nitrogens with one attached hydrogen (secondary N) is 1. The van der Waals surface area contributed by atoms with Crippen LogP contribution in [0, 0.1) is 0 Å². The molecule has 16 heavy (non-hydrogen) atoms. The molecule has 0 spiro atoms. The Kier molecular flexibility index (Phi) is 4.33. The molecule has 0 aromatic heterocycles. The molecule has 1 aliphatic heterocycles. The van der Waals surface area contributed by atoms with Gasteiger partial charge in [0.25, 0.3) is 0 Å². The first kappa shape index (κ1) is 13.5. The van der Waals surface area contributed by atoms with Gasteiger partial charge in [-0.1, -0.05) is 6.92 Å². The fourth-order valence-electron chi connectivity index (χ4n) is 2.38. The van der Waals surface area contributed by atoms with Crippen LogP contribution in [0.3, 0.4) is 0 Å². The molecule has 0 aromatic carbocycles. The fraction of sp³-hybridized carbons (Fsp3) is 0.917. The molecule has 0 radical (unpaired) electrons. The molecule has 1 N–H and O–H groups in total. The average molecular weight is 229 g/mol. The summed E-state index contributed by atoms with van der Waals surface area (Å²) in [5.74, 6) is -0.158. The molecule has 0 bridgehead atoms. The van der Waals surface area contributed by atoms with Crippen molar-refractivity contribution in [2.24, 2.45) is 0 Å². The van der Waals surface area contributed by atoms with Crippen LogP contribution in [0.2, 0.25) is 0 Å². The van der Waals surface area contributed by atoms with Crippen LogP contribution < -0.4 is 5.32 Å². The van der Waals surface area contributed by atoms with Crippen LogP contribution in [-0.4, -0.2) is 37.9 Å². The van der Waals surface area contributed by atoms with E-state index < -0.39 is 0 Å². The number of carbonyl (C=O) groups excluding carboxylic acids is 1. The molecule has 1 fully saturated rings. The van der Waals surface area contributed by atoms with Crippen molar-refractivity contribution in [1.29, 1.82) is 0 Å². The molecule has 1 heterocycles. The minimum atomic E-state index is -0.171. The molecule has 4 heteroatoms. The third-order valence-electron chi connectivity index (χ3n) is 3.73. The molecule has 0 aromatic rings. The van der Waals surface area contributed by atoms with Gasteiger partial charge in [-0.3, -0.25) is 4.79 Å². The van der Waals surface area contributed by atoms with Gasteiger partial charge in [0.15, 0.2) is 0 Å². The van der Waals surface area contributed by atoms with Crippen molar-refractivity contribution >= 4 is 5.97 Å². The van der Waals surface area contributed by atoms with Crippen molar-refractivity contribution in [3.63, 3.8) is 0 Å². The van der Waals surface area contributed by atoms with Crippen molar-refractivity contribution in [3.05, 3.63) is 0 Å². The predicted molar refractivity (Wildman–Crippen MR) is 62.3 cm³/mol. The quantitative estimate of drug-likeness (QED) is 0.742. The van der Waals surface area contributed by atoms with Gasteiger partial charge < -0.3 is 14.8 Å². The molecule has 0 aliphatic carbocycles. The Morgan fingerprint density at radius 3 is 2.75 bits per heavy atom. The zero-order valence-corrected chi connectivity index (χ0v) is 10.8. The summed E-state index contributed by atoms with van der Waals surface area (Å²) in [5.41, 5.74) is -0.300. The average Bonchev–Trinajstić information content (AvgIpc) is 2.29. The monoisotopic (exact) mass is 229 g/mol. The fourth-order valence-corrected chi connectivity index (χ4v) is 2.38. The highest BCUT2D eigenvalue weighted by molar-refractivity contribution is 5.70. The summed E-state index contributed by atoms with van der Waals surface area (Å²) in [4.78, 5) is 11.4. The summed E-state index contributed by atoms with van der Waals surface area (Å²) in [6.45, 7) is 4.92. The lowest BCUT2D eigenvalue weighted by molar-refractivity contribution is -0.147. The van der Waals surface area contributed by atoms with E-state index in [9.17, 15) is 4.79 Å². The second-order valence-electron chi connectivity index (χ2n) is 4.86. The van der Waals surface area contributed by atoms with Gasteiger partial charge in [0.1, 0.15) is 0 Å². The second-order valence-corrected chi connectivity index (χ2v) is 4.86. The Labute approximate surface area is 97.7 Å².